The molecule has 3 rings (SSSR count). The van der Waals surface area contributed by atoms with Crippen LogP contribution in [0.1, 0.15) is 42.6 Å². The number of benzene rings is 3. The first-order chi connectivity index (χ1) is 16.0. The van der Waals surface area contributed by atoms with Gasteiger partial charge in [-0.25, -0.2) is 0 Å². The maximum Gasteiger partial charge on any atom is 0.257 e. The Morgan fingerprint density at radius 3 is 2.45 bits per heavy atom. The van der Waals surface area contributed by atoms with E-state index in [9.17, 15) is 4.79 Å². The van der Waals surface area contributed by atoms with Gasteiger partial charge in [-0.3, -0.25) is 10.1 Å². The van der Waals surface area contributed by atoms with Crippen LogP contribution in [0.4, 0.5) is 5.69 Å². The Hall–Kier alpha value is -3.38. The van der Waals surface area contributed by atoms with Crippen molar-refractivity contribution in [3.05, 3.63) is 90.0 Å². The second-order valence-corrected chi connectivity index (χ2v) is 8.14. The average molecular weight is 463 g/mol. The third-order valence-electron chi connectivity index (χ3n) is 5.07. The Balaban J connectivity index is 1.43. The number of thiocarbonyl (C=S) groups is 1. The van der Waals surface area contributed by atoms with E-state index in [0.717, 1.165) is 30.7 Å². The maximum absolute atomic E-state index is 12.5. The van der Waals surface area contributed by atoms with Crippen molar-refractivity contribution in [1.82, 2.24) is 5.32 Å². The fraction of sp³-hybridized carbons (Fsp3) is 0.259. The zero-order valence-corrected chi connectivity index (χ0v) is 19.9. The van der Waals surface area contributed by atoms with Crippen LogP contribution < -0.4 is 20.1 Å². The lowest BCUT2D eigenvalue weighted by Gasteiger charge is -2.14. The number of anilines is 1. The molecule has 3 aromatic carbocycles. The molecule has 0 heterocycles. The standard InChI is InChI=1S/C27H30N2O3S/c1-3-20(2)32-25-13-7-12-22(19-25)26(30)29-27(33)28-23-14-16-24(17-15-23)31-18-8-11-21-9-5-4-6-10-21/h4-7,9-10,12-17,19-20H,3,8,11,18H2,1-2H3,(H2,28,29,30,33). The van der Waals surface area contributed by atoms with Crippen LogP contribution in [0.2, 0.25) is 0 Å². The van der Waals surface area contributed by atoms with Gasteiger partial charge >= 0.3 is 0 Å². The van der Waals surface area contributed by atoms with E-state index in [-0.39, 0.29) is 17.1 Å². The normalized spacial score (nSPS) is 11.3. The molecule has 2 N–H and O–H groups in total. The molecule has 1 unspecified atom stereocenters. The topological polar surface area (TPSA) is 59.6 Å². The van der Waals surface area contributed by atoms with E-state index in [1.54, 1.807) is 18.2 Å². The summed E-state index contributed by atoms with van der Waals surface area (Å²) in [6.07, 6.45) is 2.91. The SMILES string of the molecule is CCC(C)Oc1cccc(C(=O)NC(=S)Nc2ccc(OCCCc3ccccc3)cc2)c1. The molecule has 0 bridgehead atoms. The molecule has 0 aliphatic carbocycles. The molecule has 0 radical (unpaired) electrons. The second kappa shape index (κ2) is 12.6. The van der Waals surface area contributed by atoms with Gasteiger partial charge in [0.25, 0.3) is 5.91 Å². The van der Waals surface area contributed by atoms with Gasteiger partial charge in [0.1, 0.15) is 11.5 Å². The summed E-state index contributed by atoms with van der Waals surface area (Å²) < 4.78 is 11.6. The summed E-state index contributed by atoms with van der Waals surface area (Å²) in [7, 11) is 0. The summed E-state index contributed by atoms with van der Waals surface area (Å²) in [5.41, 5.74) is 2.57. The summed E-state index contributed by atoms with van der Waals surface area (Å²) in [6.45, 7) is 4.69. The lowest BCUT2D eigenvalue weighted by Crippen LogP contribution is -2.34. The second-order valence-electron chi connectivity index (χ2n) is 7.73. The van der Waals surface area contributed by atoms with Crippen molar-refractivity contribution < 1.29 is 14.3 Å². The Morgan fingerprint density at radius 2 is 1.73 bits per heavy atom. The highest BCUT2D eigenvalue weighted by atomic mass is 32.1. The lowest BCUT2D eigenvalue weighted by molar-refractivity contribution is 0.0977. The number of hydrogen-bond donors (Lipinski definition) is 2. The highest BCUT2D eigenvalue weighted by Gasteiger charge is 2.10. The van der Waals surface area contributed by atoms with Crippen LogP contribution in [0.3, 0.4) is 0 Å². The molecule has 0 fully saturated rings. The number of ether oxygens (including phenoxy) is 2. The van der Waals surface area contributed by atoms with Crippen LogP contribution >= 0.6 is 12.2 Å². The molecule has 172 valence electrons. The van der Waals surface area contributed by atoms with Gasteiger partial charge < -0.3 is 14.8 Å². The molecule has 1 amide bonds. The van der Waals surface area contributed by atoms with Gasteiger partial charge in [0.15, 0.2) is 5.11 Å². The molecular weight excluding hydrogens is 432 g/mol. The minimum atomic E-state index is -0.291. The minimum absolute atomic E-state index is 0.0851. The molecule has 3 aromatic rings. The monoisotopic (exact) mass is 462 g/mol. The van der Waals surface area contributed by atoms with Crippen molar-refractivity contribution in [2.45, 2.75) is 39.2 Å². The number of carbonyl (C=O) groups excluding carboxylic acids is 1. The largest absolute Gasteiger partial charge is 0.494 e. The Labute approximate surface area is 201 Å². The van der Waals surface area contributed by atoms with E-state index in [0.29, 0.717) is 17.9 Å². The highest BCUT2D eigenvalue weighted by Crippen LogP contribution is 2.17. The molecule has 33 heavy (non-hydrogen) atoms. The molecule has 0 saturated carbocycles. The average Bonchev–Trinajstić information content (AvgIpc) is 2.83. The van der Waals surface area contributed by atoms with Gasteiger partial charge in [-0.1, -0.05) is 43.3 Å². The molecule has 1 atom stereocenters. The van der Waals surface area contributed by atoms with Gasteiger partial charge in [0.2, 0.25) is 0 Å². The Morgan fingerprint density at radius 1 is 0.970 bits per heavy atom. The summed E-state index contributed by atoms with van der Waals surface area (Å²) in [6, 6.07) is 24.9. The van der Waals surface area contributed by atoms with Gasteiger partial charge in [0, 0.05) is 11.3 Å². The fourth-order valence-electron chi connectivity index (χ4n) is 3.11. The number of nitrogens with one attached hydrogen (secondary N) is 2. The van der Waals surface area contributed by atoms with Crippen LogP contribution in [0.15, 0.2) is 78.9 Å². The minimum Gasteiger partial charge on any atom is -0.494 e. The van der Waals surface area contributed by atoms with E-state index >= 15 is 0 Å². The van der Waals surface area contributed by atoms with Gasteiger partial charge in [-0.15, -0.1) is 0 Å². The van der Waals surface area contributed by atoms with Gasteiger partial charge in [0.05, 0.1) is 12.7 Å². The maximum atomic E-state index is 12.5. The zero-order chi connectivity index (χ0) is 23.5. The van der Waals surface area contributed by atoms with Crippen molar-refractivity contribution in [1.29, 1.82) is 0 Å². The molecule has 0 spiro atoms. The van der Waals surface area contributed by atoms with Crippen LogP contribution in [0.5, 0.6) is 11.5 Å². The van der Waals surface area contributed by atoms with E-state index in [2.05, 4.69) is 29.7 Å². The molecule has 0 saturated heterocycles. The highest BCUT2D eigenvalue weighted by molar-refractivity contribution is 7.80. The first-order valence-corrected chi connectivity index (χ1v) is 11.6. The third-order valence-corrected chi connectivity index (χ3v) is 5.27. The van der Waals surface area contributed by atoms with Crippen molar-refractivity contribution in [2.75, 3.05) is 11.9 Å². The summed E-state index contributed by atoms with van der Waals surface area (Å²) >= 11 is 5.29. The first-order valence-electron chi connectivity index (χ1n) is 11.2. The lowest BCUT2D eigenvalue weighted by atomic mass is 10.1. The number of hydrogen-bond acceptors (Lipinski definition) is 4. The van der Waals surface area contributed by atoms with Gasteiger partial charge in [-0.05, 0) is 86.4 Å². The van der Waals surface area contributed by atoms with E-state index in [1.165, 1.54) is 5.56 Å². The Kier molecular flexibility index (Phi) is 9.27. The Bertz CT molecular complexity index is 1040. The van der Waals surface area contributed by atoms with Crippen molar-refractivity contribution in [2.24, 2.45) is 0 Å². The van der Waals surface area contributed by atoms with Crippen molar-refractivity contribution >= 4 is 28.9 Å². The number of amides is 1. The molecule has 0 aromatic heterocycles. The molecular formula is C27H30N2O3S. The van der Waals surface area contributed by atoms with E-state index in [4.69, 9.17) is 21.7 Å². The van der Waals surface area contributed by atoms with Crippen LogP contribution in [0.25, 0.3) is 0 Å². The van der Waals surface area contributed by atoms with Crippen LogP contribution in [-0.4, -0.2) is 23.7 Å². The van der Waals surface area contributed by atoms with E-state index < -0.39 is 0 Å². The first kappa shape index (κ1) is 24.3. The van der Waals surface area contributed by atoms with E-state index in [1.807, 2.05) is 55.5 Å². The molecule has 0 aliphatic heterocycles. The summed E-state index contributed by atoms with van der Waals surface area (Å²) in [5, 5.41) is 5.96. The summed E-state index contributed by atoms with van der Waals surface area (Å²) in [4.78, 5) is 12.5. The predicted molar refractivity (Wildman–Crippen MR) is 137 cm³/mol. The molecule has 0 aliphatic rings. The van der Waals surface area contributed by atoms with Gasteiger partial charge in [-0.2, -0.15) is 0 Å². The summed E-state index contributed by atoms with van der Waals surface area (Å²) in [5.74, 6) is 1.16. The number of carbonyl (C=O) groups is 1. The third kappa shape index (κ3) is 8.24. The fourth-order valence-corrected chi connectivity index (χ4v) is 3.32. The number of aryl methyl sites for hydroxylation is 1. The number of rotatable bonds is 10. The molecule has 6 heteroatoms. The van der Waals surface area contributed by atoms with Crippen LogP contribution in [-0.2, 0) is 6.42 Å². The smallest absolute Gasteiger partial charge is 0.257 e. The predicted octanol–water partition coefficient (Wildman–Crippen LogP) is 6.00. The zero-order valence-electron chi connectivity index (χ0n) is 19.0. The quantitative estimate of drug-likeness (QED) is 0.286. The van der Waals surface area contributed by atoms with Crippen molar-refractivity contribution in [3.8, 4) is 11.5 Å². The molecule has 5 nitrogen and oxygen atoms in total. The van der Waals surface area contributed by atoms with Crippen molar-refractivity contribution in [3.63, 3.8) is 0 Å². The van der Waals surface area contributed by atoms with Crippen LogP contribution in [0, 0.1) is 0 Å².